The van der Waals surface area contributed by atoms with Gasteiger partial charge in [0.25, 0.3) is 0 Å². The lowest BCUT2D eigenvalue weighted by atomic mass is 9.95. The number of nitrogens with one attached hydrogen (secondary N) is 1. The Labute approximate surface area is 210 Å². The van der Waals surface area contributed by atoms with Gasteiger partial charge in [0.05, 0.1) is 19.1 Å². The Morgan fingerprint density at radius 1 is 1.33 bits per heavy atom. The normalized spacial score (nSPS) is 28.8. The number of allylic oxidation sites excluding steroid dienone is 1. The third-order valence-electron chi connectivity index (χ3n) is 5.58. The van der Waals surface area contributed by atoms with E-state index in [9.17, 15) is 24.4 Å². The maximum Gasteiger partial charge on any atom is 0.459 e. The predicted molar refractivity (Wildman–Crippen MR) is 129 cm³/mol. The summed E-state index contributed by atoms with van der Waals surface area (Å²) in [5, 5.41) is 24.2. The molecule has 0 spiro atoms. The smallest absolute Gasteiger partial charge is 0.459 e. The Balaban J connectivity index is 1.76. The summed E-state index contributed by atoms with van der Waals surface area (Å²) in [7, 11) is -4.22. The topological polar surface area (TPSA) is 144 Å². The van der Waals surface area contributed by atoms with Crippen molar-refractivity contribution < 1.29 is 42.9 Å². The number of carbonyl (C=O) groups excluding carboxylic acids is 2. The van der Waals surface area contributed by atoms with E-state index in [0.717, 1.165) is 0 Å². The summed E-state index contributed by atoms with van der Waals surface area (Å²) in [6.07, 6.45) is -1.21. The molecule has 12 heteroatoms. The number of aliphatic hydroxyl groups excluding tert-OH is 1. The second-order valence-electron chi connectivity index (χ2n) is 9.18. The van der Waals surface area contributed by atoms with Gasteiger partial charge in [-0.25, -0.2) is 4.57 Å². The Morgan fingerprint density at radius 3 is 2.61 bits per heavy atom. The minimum absolute atomic E-state index is 0.0398. The van der Waals surface area contributed by atoms with Crippen molar-refractivity contribution in [2.75, 3.05) is 6.61 Å². The van der Waals surface area contributed by atoms with Crippen LogP contribution in [0.5, 0.6) is 5.75 Å². The standard InChI is InChI=1S/C24H33N2O9P/c1-15(2)33-22(29)17(4)25-36(31,35-18-9-7-6-8-10-18)32-14-19-21(28)24(5,30)23(34-19)26-12-11-16(3)13-20(26)27/h6-12,15,17,19,21,23,28,30H,3,13-14H2,1-2,4-5H3,(H,25,31)/t17-,19+,21+,23+,24+,36+/m0/s1. The Morgan fingerprint density at radius 2 is 2.00 bits per heavy atom. The largest absolute Gasteiger partial charge is 0.462 e. The number of carbonyl (C=O) groups is 2. The van der Waals surface area contributed by atoms with Crippen LogP contribution in [-0.2, 0) is 28.2 Å². The van der Waals surface area contributed by atoms with Crippen molar-refractivity contribution in [1.82, 2.24) is 9.99 Å². The van der Waals surface area contributed by atoms with Crippen LogP contribution in [0.3, 0.4) is 0 Å². The molecule has 0 aliphatic carbocycles. The molecule has 1 saturated heterocycles. The molecule has 198 valence electrons. The van der Waals surface area contributed by atoms with E-state index >= 15 is 0 Å². The zero-order valence-electron chi connectivity index (χ0n) is 20.7. The summed E-state index contributed by atoms with van der Waals surface area (Å²) >= 11 is 0. The van der Waals surface area contributed by atoms with Crippen LogP contribution in [0.4, 0.5) is 0 Å². The van der Waals surface area contributed by atoms with E-state index < -0.39 is 50.4 Å². The highest BCUT2D eigenvalue weighted by atomic mass is 31.2. The molecule has 1 aromatic rings. The molecule has 0 bridgehead atoms. The first-order chi connectivity index (χ1) is 16.8. The number of hydrogen-bond donors (Lipinski definition) is 3. The summed E-state index contributed by atoms with van der Waals surface area (Å²) in [5.74, 6) is -0.818. The van der Waals surface area contributed by atoms with Crippen LogP contribution in [0, 0.1) is 0 Å². The molecule has 0 aromatic heterocycles. The van der Waals surface area contributed by atoms with Crippen LogP contribution >= 0.6 is 7.75 Å². The minimum atomic E-state index is -4.22. The molecule has 36 heavy (non-hydrogen) atoms. The van der Waals surface area contributed by atoms with Gasteiger partial charge in [0.1, 0.15) is 29.6 Å². The number of esters is 1. The van der Waals surface area contributed by atoms with E-state index in [1.807, 2.05) is 0 Å². The lowest BCUT2D eigenvalue weighted by Gasteiger charge is -2.35. The summed E-state index contributed by atoms with van der Waals surface area (Å²) in [6, 6.07) is 7.12. The van der Waals surface area contributed by atoms with Gasteiger partial charge in [0.15, 0.2) is 6.23 Å². The first kappa shape index (κ1) is 28.0. The molecule has 11 nitrogen and oxygen atoms in total. The fourth-order valence-corrected chi connectivity index (χ4v) is 5.21. The van der Waals surface area contributed by atoms with Gasteiger partial charge in [-0.1, -0.05) is 24.8 Å². The number of hydrogen-bond acceptors (Lipinski definition) is 9. The molecule has 2 aliphatic heterocycles. The molecule has 3 N–H and O–H groups in total. The third kappa shape index (κ3) is 6.61. The maximum atomic E-state index is 13.6. The SMILES string of the molecule is C=C1C=CN([C@@H]2O[C@H](CO[P@](=O)(N[C@@H](C)C(=O)OC(C)C)Oc3ccccc3)[C@@H](O)[C@@]2(C)O)C(=O)C1. The molecule has 0 unspecified atom stereocenters. The van der Waals surface area contributed by atoms with Crippen LogP contribution < -0.4 is 9.61 Å². The highest BCUT2D eigenvalue weighted by Gasteiger charge is 2.56. The van der Waals surface area contributed by atoms with E-state index in [-0.39, 0.29) is 24.2 Å². The lowest BCUT2D eigenvalue weighted by Crippen LogP contribution is -2.53. The van der Waals surface area contributed by atoms with Crippen molar-refractivity contribution >= 4 is 19.6 Å². The summed E-state index contributed by atoms with van der Waals surface area (Å²) in [5.41, 5.74) is -1.26. The lowest BCUT2D eigenvalue weighted by molar-refractivity contribution is -0.156. The average Bonchev–Trinajstić information content (AvgIpc) is 3.01. The zero-order valence-corrected chi connectivity index (χ0v) is 21.6. The van der Waals surface area contributed by atoms with Gasteiger partial charge in [-0.05, 0) is 51.5 Å². The minimum Gasteiger partial charge on any atom is -0.462 e. The summed E-state index contributed by atoms with van der Waals surface area (Å²) in [4.78, 5) is 25.9. The van der Waals surface area contributed by atoms with Crippen LogP contribution in [0.15, 0.2) is 54.8 Å². The molecule has 1 amide bonds. The van der Waals surface area contributed by atoms with Gasteiger partial charge in [-0.3, -0.25) is 19.0 Å². The quantitative estimate of drug-likeness (QED) is 0.308. The van der Waals surface area contributed by atoms with Gasteiger partial charge < -0.3 is 24.2 Å². The maximum absolute atomic E-state index is 13.6. The third-order valence-corrected chi connectivity index (χ3v) is 7.22. The highest BCUT2D eigenvalue weighted by Crippen LogP contribution is 2.46. The number of benzene rings is 1. The molecule has 2 aliphatic rings. The van der Waals surface area contributed by atoms with E-state index in [1.54, 1.807) is 50.3 Å². The van der Waals surface area contributed by atoms with Crippen LogP contribution in [0.2, 0.25) is 0 Å². The summed E-state index contributed by atoms with van der Waals surface area (Å²) in [6.45, 7) is 9.39. The number of para-hydroxylation sites is 1. The monoisotopic (exact) mass is 524 g/mol. The molecule has 0 radical (unpaired) electrons. The van der Waals surface area contributed by atoms with Gasteiger partial charge in [0, 0.05) is 6.20 Å². The Bertz CT molecular complexity index is 1040. The molecule has 3 rings (SSSR count). The molecule has 0 saturated carbocycles. The molecular formula is C24H33N2O9P. The molecule has 1 fully saturated rings. The fraction of sp³-hybridized carbons (Fsp3) is 0.500. The summed E-state index contributed by atoms with van der Waals surface area (Å²) < 4.78 is 35.7. The number of nitrogens with zero attached hydrogens (tertiary/aromatic N) is 1. The molecular weight excluding hydrogens is 491 g/mol. The van der Waals surface area contributed by atoms with E-state index in [0.29, 0.717) is 5.57 Å². The molecule has 6 atom stereocenters. The van der Waals surface area contributed by atoms with E-state index in [4.69, 9.17) is 18.5 Å². The van der Waals surface area contributed by atoms with Crippen molar-refractivity contribution in [3.8, 4) is 5.75 Å². The number of aliphatic hydroxyl groups is 2. The van der Waals surface area contributed by atoms with Crippen LogP contribution in [-0.4, -0.2) is 69.8 Å². The van der Waals surface area contributed by atoms with Crippen LogP contribution in [0.1, 0.15) is 34.1 Å². The predicted octanol–water partition coefficient (Wildman–Crippen LogP) is 2.26. The second-order valence-corrected chi connectivity index (χ2v) is 10.9. The van der Waals surface area contributed by atoms with E-state index in [2.05, 4.69) is 11.7 Å². The van der Waals surface area contributed by atoms with Gasteiger partial charge in [-0.15, -0.1) is 0 Å². The second kappa shape index (κ2) is 11.2. The molecule has 2 heterocycles. The van der Waals surface area contributed by atoms with Crippen molar-refractivity contribution in [2.45, 2.75) is 70.3 Å². The fourth-order valence-electron chi connectivity index (χ4n) is 3.71. The zero-order chi connectivity index (χ0) is 26.7. The molecule has 1 aromatic carbocycles. The highest BCUT2D eigenvalue weighted by molar-refractivity contribution is 7.52. The number of amides is 1. The first-order valence-electron chi connectivity index (χ1n) is 11.5. The van der Waals surface area contributed by atoms with Gasteiger partial charge >= 0.3 is 13.7 Å². The number of rotatable bonds is 10. The van der Waals surface area contributed by atoms with Gasteiger partial charge in [-0.2, -0.15) is 5.09 Å². The van der Waals surface area contributed by atoms with Crippen molar-refractivity contribution in [3.63, 3.8) is 0 Å². The first-order valence-corrected chi connectivity index (χ1v) is 13.1. The van der Waals surface area contributed by atoms with Crippen LogP contribution in [0.25, 0.3) is 0 Å². The van der Waals surface area contributed by atoms with E-state index in [1.165, 1.54) is 24.9 Å². The Hall–Kier alpha value is -2.53. The van der Waals surface area contributed by atoms with Gasteiger partial charge in [0.2, 0.25) is 5.91 Å². The average molecular weight is 525 g/mol. The van der Waals surface area contributed by atoms with Crippen molar-refractivity contribution in [1.29, 1.82) is 0 Å². The Kier molecular flexibility index (Phi) is 8.76. The number of ether oxygens (including phenoxy) is 2. The van der Waals surface area contributed by atoms with Crippen molar-refractivity contribution in [2.24, 2.45) is 0 Å². The van der Waals surface area contributed by atoms with Crippen molar-refractivity contribution in [3.05, 3.63) is 54.8 Å².